The lowest BCUT2D eigenvalue weighted by atomic mass is 10.1. The minimum Gasteiger partial charge on any atom is -0.506 e. The number of para-hydroxylation sites is 2. The topological polar surface area (TPSA) is 66.4 Å². The van der Waals surface area contributed by atoms with Gasteiger partial charge in [0.15, 0.2) is 0 Å². The zero-order valence-electron chi connectivity index (χ0n) is 11.0. The standard InChI is InChI=1S/C15H15NO3S/c1-20(19)10-11-5-4-6-12(9-11)15(18)16-13-7-2-3-8-14(13)17/h2-9,17H,10H2,1H3,(H,16,18)/t20-/m1/s1. The molecule has 0 bridgehead atoms. The molecule has 2 aromatic carbocycles. The average molecular weight is 289 g/mol. The van der Waals surface area contributed by atoms with Crippen LogP contribution in [-0.2, 0) is 16.6 Å². The Labute approximate surface area is 119 Å². The molecule has 0 heterocycles. The van der Waals surface area contributed by atoms with Gasteiger partial charge in [-0.25, -0.2) is 0 Å². The summed E-state index contributed by atoms with van der Waals surface area (Å²) in [7, 11) is -0.951. The van der Waals surface area contributed by atoms with E-state index in [4.69, 9.17) is 0 Å². The zero-order valence-corrected chi connectivity index (χ0v) is 11.8. The van der Waals surface area contributed by atoms with E-state index in [0.717, 1.165) is 5.56 Å². The summed E-state index contributed by atoms with van der Waals surface area (Å²) < 4.78 is 11.2. The van der Waals surface area contributed by atoms with Crippen LogP contribution in [0.25, 0.3) is 0 Å². The van der Waals surface area contributed by atoms with E-state index >= 15 is 0 Å². The van der Waals surface area contributed by atoms with E-state index in [-0.39, 0.29) is 11.7 Å². The van der Waals surface area contributed by atoms with Gasteiger partial charge in [-0.15, -0.1) is 0 Å². The van der Waals surface area contributed by atoms with E-state index < -0.39 is 10.8 Å². The molecule has 0 saturated carbocycles. The fourth-order valence-electron chi connectivity index (χ4n) is 1.81. The highest BCUT2D eigenvalue weighted by molar-refractivity contribution is 7.83. The molecular formula is C15H15NO3S. The van der Waals surface area contributed by atoms with E-state index in [1.165, 1.54) is 6.07 Å². The van der Waals surface area contributed by atoms with Gasteiger partial charge in [-0.1, -0.05) is 24.3 Å². The van der Waals surface area contributed by atoms with Crippen LogP contribution in [0.3, 0.4) is 0 Å². The average Bonchev–Trinajstić information content (AvgIpc) is 2.41. The monoisotopic (exact) mass is 289 g/mol. The number of phenols is 1. The lowest BCUT2D eigenvalue weighted by molar-refractivity contribution is 0.102. The van der Waals surface area contributed by atoms with Gasteiger partial charge in [0.25, 0.3) is 5.91 Å². The largest absolute Gasteiger partial charge is 0.506 e. The molecule has 2 aromatic rings. The number of rotatable bonds is 4. The summed E-state index contributed by atoms with van der Waals surface area (Å²) in [5.74, 6) is 0.124. The smallest absolute Gasteiger partial charge is 0.255 e. The van der Waals surface area contributed by atoms with Crippen LogP contribution >= 0.6 is 0 Å². The van der Waals surface area contributed by atoms with E-state index in [9.17, 15) is 14.1 Å². The minimum atomic E-state index is -0.951. The van der Waals surface area contributed by atoms with Crippen LogP contribution in [0.4, 0.5) is 5.69 Å². The Morgan fingerprint density at radius 3 is 2.65 bits per heavy atom. The predicted molar refractivity (Wildman–Crippen MR) is 80.3 cm³/mol. The highest BCUT2D eigenvalue weighted by Crippen LogP contribution is 2.22. The minimum absolute atomic E-state index is 0.0201. The molecule has 0 aliphatic heterocycles. The normalized spacial score (nSPS) is 11.8. The van der Waals surface area contributed by atoms with Gasteiger partial charge in [0, 0.05) is 28.4 Å². The molecule has 1 atom stereocenters. The van der Waals surface area contributed by atoms with Crippen molar-refractivity contribution < 1.29 is 14.1 Å². The molecule has 5 heteroatoms. The molecular weight excluding hydrogens is 274 g/mol. The maximum atomic E-state index is 12.1. The van der Waals surface area contributed by atoms with Crippen LogP contribution in [-0.4, -0.2) is 21.5 Å². The highest BCUT2D eigenvalue weighted by atomic mass is 32.2. The summed E-state index contributed by atoms with van der Waals surface area (Å²) in [5, 5.41) is 12.3. The Balaban J connectivity index is 2.17. The van der Waals surface area contributed by atoms with Crippen molar-refractivity contribution in [3.63, 3.8) is 0 Å². The van der Waals surface area contributed by atoms with Gasteiger partial charge >= 0.3 is 0 Å². The molecule has 2 N–H and O–H groups in total. The number of benzene rings is 2. The number of hydrogen-bond donors (Lipinski definition) is 2. The first-order chi connectivity index (χ1) is 9.56. The van der Waals surface area contributed by atoms with Crippen molar-refractivity contribution in [3.8, 4) is 5.75 Å². The fourth-order valence-corrected chi connectivity index (χ4v) is 2.46. The summed E-state index contributed by atoms with van der Waals surface area (Å²) in [5.41, 5.74) is 1.67. The van der Waals surface area contributed by atoms with Gasteiger partial charge in [0.05, 0.1) is 5.69 Å². The Hall–Kier alpha value is -2.14. The van der Waals surface area contributed by atoms with Crippen molar-refractivity contribution in [2.24, 2.45) is 0 Å². The molecule has 20 heavy (non-hydrogen) atoms. The first-order valence-corrected chi connectivity index (χ1v) is 7.77. The molecule has 0 aromatic heterocycles. The molecule has 0 spiro atoms. The number of hydrogen-bond acceptors (Lipinski definition) is 3. The van der Waals surface area contributed by atoms with Gasteiger partial charge in [0.1, 0.15) is 5.75 Å². The number of aromatic hydroxyl groups is 1. The third-order valence-electron chi connectivity index (χ3n) is 2.71. The maximum Gasteiger partial charge on any atom is 0.255 e. The summed E-state index contributed by atoms with van der Waals surface area (Å²) >= 11 is 0. The lowest BCUT2D eigenvalue weighted by Crippen LogP contribution is -2.12. The van der Waals surface area contributed by atoms with Gasteiger partial charge in [-0.3, -0.25) is 9.00 Å². The first-order valence-electron chi connectivity index (χ1n) is 6.04. The first kappa shape index (κ1) is 14.3. The summed E-state index contributed by atoms with van der Waals surface area (Å²) in [6, 6.07) is 13.5. The van der Waals surface area contributed by atoms with Crippen LogP contribution in [0.2, 0.25) is 0 Å². The fraction of sp³-hybridized carbons (Fsp3) is 0.133. The number of nitrogens with one attached hydrogen (secondary N) is 1. The number of amides is 1. The van der Waals surface area contributed by atoms with Gasteiger partial charge in [-0.2, -0.15) is 0 Å². The van der Waals surface area contributed by atoms with E-state index in [1.807, 2.05) is 6.07 Å². The van der Waals surface area contributed by atoms with Gasteiger partial charge in [0.2, 0.25) is 0 Å². The number of anilines is 1. The highest BCUT2D eigenvalue weighted by Gasteiger charge is 2.09. The Morgan fingerprint density at radius 2 is 1.95 bits per heavy atom. The number of carbonyl (C=O) groups is 1. The van der Waals surface area contributed by atoms with Gasteiger partial charge < -0.3 is 10.4 Å². The van der Waals surface area contributed by atoms with Crippen LogP contribution in [0, 0.1) is 0 Å². The number of phenolic OH excluding ortho intramolecular Hbond substituents is 1. The van der Waals surface area contributed by atoms with Crippen molar-refractivity contribution in [1.82, 2.24) is 0 Å². The second kappa shape index (κ2) is 6.34. The second-order valence-corrected chi connectivity index (χ2v) is 5.82. The van der Waals surface area contributed by atoms with Crippen LogP contribution in [0.5, 0.6) is 5.75 Å². The lowest BCUT2D eigenvalue weighted by Gasteiger charge is -2.08. The zero-order chi connectivity index (χ0) is 14.5. The van der Waals surface area contributed by atoms with Crippen LogP contribution in [0.1, 0.15) is 15.9 Å². The molecule has 0 aliphatic carbocycles. The Bertz CT molecular complexity index is 655. The summed E-state index contributed by atoms with van der Waals surface area (Å²) in [6.45, 7) is 0. The second-order valence-electron chi connectivity index (χ2n) is 4.39. The van der Waals surface area contributed by atoms with Gasteiger partial charge in [-0.05, 0) is 29.8 Å². The maximum absolute atomic E-state index is 12.1. The van der Waals surface area contributed by atoms with E-state index in [2.05, 4.69) is 5.32 Å². The third-order valence-corrected chi connectivity index (χ3v) is 3.45. The predicted octanol–water partition coefficient (Wildman–Crippen LogP) is 2.52. The summed E-state index contributed by atoms with van der Waals surface area (Å²) in [6.07, 6.45) is 1.62. The van der Waals surface area contributed by atoms with E-state index in [1.54, 1.807) is 42.7 Å². The molecule has 104 valence electrons. The molecule has 0 unspecified atom stereocenters. The molecule has 0 radical (unpaired) electrons. The molecule has 4 nitrogen and oxygen atoms in total. The molecule has 2 rings (SSSR count). The van der Waals surface area contributed by atoms with Crippen molar-refractivity contribution in [2.75, 3.05) is 11.6 Å². The van der Waals surface area contributed by atoms with Crippen LogP contribution in [0.15, 0.2) is 48.5 Å². The van der Waals surface area contributed by atoms with Crippen molar-refractivity contribution in [2.45, 2.75) is 5.75 Å². The SMILES string of the molecule is C[S@@](=O)Cc1cccc(C(=O)Nc2ccccc2O)c1. The van der Waals surface area contributed by atoms with Crippen molar-refractivity contribution in [3.05, 3.63) is 59.7 Å². The Kier molecular flexibility index (Phi) is 4.53. The molecule has 0 fully saturated rings. The van der Waals surface area contributed by atoms with Crippen molar-refractivity contribution >= 4 is 22.4 Å². The summed E-state index contributed by atoms with van der Waals surface area (Å²) in [4.78, 5) is 12.1. The molecule has 0 aliphatic rings. The quantitative estimate of drug-likeness (QED) is 0.850. The molecule has 0 saturated heterocycles. The van der Waals surface area contributed by atoms with Crippen LogP contribution < -0.4 is 5.32 Å². The number of carbonyl (C=O) groups excluding carboxylic acids is 1. The van der Waals surface area contributed by atoms with Crippen molar-refractivity contribution in [1.29, 1.82) is 0 Å². The molecule has 1 amide bonds. The third kappa shape index (κ3) is 3.68. The Morgan fingerprint density at radius 1 is 1.20 bits per heavy atom. The van der Waals surface area contributed by atoms with E-state index in [0.29, 0.717) is 17.0 Å².